The highest BCUT2D eigenvalue weighted by atomic mass is 16.3. The summed E-state index contributed by atoms with van der Waals surface area (Å²) in [6.07, 6.45) is 3.11. The Balaban J connectivity index is 2.06. The summed E-state index contributed by atoms with van der Waals surface area (Å²) in [5.41, 5.74) is -0.0374. The number of nitrogens with one attached hydrogen (secondary N) is 1. The average Bonchev–Trinajstić information content (AvgIpc) is 2.93. The topological polar surface area (TPSA) is 80.3 Å². The van der Waals surface area contributed by atoms with Gasteiger partial charge in [0.05, 0.1) is 18.3 Å². The molecule has 0 aliphatic heterocycles. The van der Waals surface area contributed by atoms with Gasteiger partial charge in [0, 0.05) is 18.8 Å². The van der Waals surface area contributed by atoms with E-state index in [0.717, 1.165) is 5.76 Å². The van der Waals surface area contributed by atoms with Crippen molar-refractivity contribution in [2.24, 2.45) is 7.05 Å². The van der Waals surface area contributed by atoms with E-state index in [2.05, 4.69) is 10.4 Å². The molecule has 0 aliphatic rings. The predicted octanol–water partition coefficient (Wildman–Crippen LogP) is 1.27. The number of aliphatic hydroxyl groups is 1. The first-order valence-electron chi connectivity index (χ1n) is 6.36. The fourth-order valence-corrected chi connectivity index (χ4v) is 2.15. The Morgan fingerprint density at radius 1 is 1.55 bits per heavy atom. The first-order chi connectivity index (χ1) is 9.29. The molecule has 0 aliphatic carbocycles. The predicted molar refractivity (Wildman–Crippen MR) is 73.3 cm³/mol. The lowest BCUT2D eigenvalue weighted by molar-refractivity contribution is 0.0514. The second-order valence-electron chi connectivity index (χ2n) is 5.19. The van der Waals surface area contributed by atoms with Crippen molar-refractivity contribution < 1.29 is 14.3 Å². The van der Waals surface area contributed by atoms with Gasteiger partial charge in [-0.2, -0.15) is 5.10 Å². The molecule has 6 nitrogen and oxygen atoms in total. The fourth-order valence-electron chi connectivity index (χ4n) is 2.15. The second kappa shape index (κ2) is 5.13. The number of rotatable bonds is 4. The van der Waals surface area contributed by atoms with Crippen LogP contribution in [0.2, 0.25) is 0 Å². The van der Waals surface area contributed by atoms with E-state index in [-0.39, 0.29) is 12.5 Å². The molecule has 0 aromatic carbocycles. The van der Waals surface area contributed by atoms with Crippen molar-refractivity contribution in [3.63, 3.8) is 0 Å². The summed E-state index contributed by atoms with van der Waals surface area (Å²) in [4.78, 5) is 11.9. The van der Waals surface area contributed by atoms with E-state index < -0.39 is 5.60 Å². The Hall–Kier alpha value is -2.08. The Morgan fingerprint density at radius 2 is 2.25 bits per heavy atom. The van der Waals surface area contributed by atoms with E-state index >= 15 is 0 Å². The Morgan fingerprint density at radius 3 is 2.75 bits per heavy atom. The summed E-state index contributed by atoms with van der Waals surface area (Å²) in [6.45, 7) is 5.36. The Kier molecular flexibility index (Phi) is 3.67. The first-order valence-corrected chi connectivity index (χ1v) is 6.36. The van der Waals surface area contributed by atoms with E-state index in [9.17, 15) is 9.90 Å². The maximum Gasteiger partial charge on any atom is 0.254 e. The van der Waals surface area contributed by atoms with Gasteiger partial charge in [-0.1, -0.05) is 0 Å². The van der Waals surface area contributed by atoms with Crippen LogP contribution in [0.15, 0.2) is 22.9 Å². The normalized spacial score (nSPS) is 14.1. The van der Waals surface area contributed by atoms with Crippen LogP contribution < -0.4 is 5.32 Å². The van der Waals surface area contributed by atoms with Gasteiger partial charge < -0.3 is 14.8 Å². The third-order valence-corrected chi connectivity index (χ3v) is 3.18. The SMILES string of the molecule is Cc1cc(C(C)(O)CNC(=O)c2cnn(C)c2)c(C)o1. The van der Waals surface area contributed by atoms with Gasteiger partial charge in [0.15, 0.2) is 0 Å². The molecule has 1 atom stereocenters. The highest BCUT2D eigenvalue weighted by molar-refractivity contribution is 5.93. The molecule has 1 amide bonds. The molecular formula is C14H19N3O3. The summed E-state index contributed by atoms with van der Waals surface area (Å²) < 4.78 is 6.96. The van der Waals surface area contributed by atoms with Crippen LogP contribution in [0.5, 0.6) is 0 Å². The molecule has 0 spiro atoms. The van der Waals surface area contributed by atoms with Crippen molar-refractivity contribution >= 4 is 5.91 Å². The van der Waals surface area contributed by atoms with Gasteiger partial charge in [0.2, 0.25) is 0 Å². The van der Waals surface area contributed by atoms with Crippen LogP contribution in [0, 0.1) is 13.8 Å². The van der Waals surface area contributed by atoms with Crippen LogP contribution in [-0.2, 0) is 12.6 Å². The number of hydrogen-bond donors (Lipinski definition) is 2. The van der Waals surface area contributed by atoms with Crippen LogP contribution in [0.1, 0.15) is 34.4 Å². The summed E-state index contributed by atoms with van der Waals surface area (Å²) in [6, 6.07) is 1.78. The average molecular weight is 277 g/mol. The van der Waals surface area contributed by atoms with Crippen LogP contribution in [-0.4, -0.2) is 27.3 Å². The molecule has 2 aromatic rings. The number of carbonyl (C=O) groups is 1. The van der Waals surface area contributed by atoms with Crippen molar-refractivity contribution in [2.45, 2.75) is 26.4 Å². The summed E-state index contributed by atoms with van der Waals surface area (Å²) in [7, 11) is 1.74. The molecule has 2 N–H and O–H groups in total. The van der Waals surface area contributed by atoms with Gasteiger partial charge in [0.25, 0.3) is 5.91 Å². The molecule has 1 unspecified atom stereocenters. The van der Waals surface area contributed by atoms with Crippen molar-refractivity contribution in [1.82, 2.24) is 15.1 Å². The third kappa shape index (κ3) is 2.91. The molecule has 0 fully saturated rings. The van der Waals surface area contributed by atoms with Gasteiger partial charge >= 0.3 is 0 Å². The number of furan rings is 1. The van der Waals surface area contributed by atoms with E-state index in [4.69, 9.17) is 4.42 Å². The molecule has 0 saturated carbocycles. The quantitative estimate of drug-likeness (QED) is 0.882. The molecule has 20 heavy (non-hydrogen) atoms. The zero-order valence-corrected chi connectivity index (χ0v) is 12.1. The molecule has 108 valence electrons. The lowest BCUT2D eigenvalue weighted by Crippen LogP contribution is -2.38. The van der Waals surface area contributed by atoms with Crippen LogP contribution in [0.25, 0.3) is 0 Å². The monoisotopic (exact) mass is 277 g/mol. The first kappa shape index (κ1) is 14.3. The van der Waals surface area contributed by atoms with Crippen molar-refractivity contribution in [2.75, 3.05) is 6.54 Å². The smallest absolute Gasteiger partial charge is 0.254 e. The lowest BCUT2D eigenvalue weighted by atomic mass is 9.96. The number of carbonyl (C=O) groups excluding carboxylic acids is 1. The standard InChI is InChI=1S/C14H19N3O3/c1-9-5-12(10(2)20-9)14(3,19)8-15-13(18)11-6-16-17(4)7-11/h5-7,19H,8H2,1-4H3,(H,15,18). The van der Waals surface area contributed by atoms with Crippen molar-refractivity contribution in [3.05, 3.63) is 41.1 Å². The van der Waals surface area contributed by atoms with Crippen molar-refractivity contribution in [3.8, 4) is 0 Å². The maximum atomic E-state index is 11.9. The minimum atomic E-state index is -1.18. The van der Waals surface area contributed by atoms with Gasteiger partial charge in [-0.05, 0) is 26.8 Å². The number of aryl methyl sites for hydroxylation is 3. The van der Waals surface area contributed by atoms with E-state index in [1.807, 2.05) is 6.92 Å². The number of nitrogens with zero attached hydrogens (tertiary/aromatic N) is 2. The molecular weight excluding hydrogens is 258 g/mol. The van der Waals surface area contributed by atoms with Gasteiger partial charge in [-0.25, -0.2) is 0 Å². The minimum Gasteiger partial charge on any atom is -0.466 e. The van der Waals surface area contributed by atoms with E-state index in [0.29, 0.717) is 16.9 Å². The number of amides is 1. The van der Waals surface area contributed by atoms with Gasteiger partial charge in [-0.15, -0.1) is 0 Å². The number of hydrogen-bond acceptors (Lipinski definition) is 4. The van der Waals surface area contributed by atoms with Crippen LogP contribution in [0.3, 0.4) is 0 Å². The number of aromatic nitrogens is 2. The van der Waals surface area contributed by atoms with Gasteiger partial charge in [0.1, 0.15) is 17.1 Å². The molecule has 2 aromatic heterocycles. The maximum absolute atomic E-state index is 11.9. The summed E-state index contributed by atoms with van der Waals surface area (Å²) in [5.74, 6) is 1.12. The largest absolute Gasteiger partial charge is 0.466 e. The fraction of sp³-hybridized carbons (Fsp3) is 0.429. The summed E-state index contributed by atoms with van der Waals surface area (Å²) >= 11 is 0. The molecule has 0 saturated heterocycles. The molecule has 2 rings (SSSR count). The second-order valence-corrected chi connectivity index (χ2v) is 5.19. The van der Waals surface area contributed by atoms with E-state index in [1.54, 1.807) is 37.8 Å². The van der Waals surface area contributed by atoms with Crippen LogP contribution in [0.4, 0.5) is 0 Å². The third-order valence-electron chi connectivity index (χ3n) is 3.18. The lowest BCUT2D eigenvalue weighted by Gasteiger charge is -2.23. The van der Waals surface area contributed by atoms with Crippen molar-refractivity contribution in [1.29, 1.82) is 0 Å². The molecule has 6 heteroatoms. The Labute approximate surface area is 117 Å². The zero-order chi connectivity index (χ0) is 14.9. The van der Waals surface area contributed by atoms with E-state index in [1.165, 1.54) is 6.20 Å². The minimum absolute atomic E-state index is 0.0978. The van der Waals surface area contributed by atoms with Gasteiger partial charge in [-0.3, -0.25) is 9.48 Å². The zero-order valence-electron chi connectivity index (χ0n) is 12.1. The molecule has 0 bridgehead atoms. The van der Waals surface area contributed by atoms with Crippen LogP contribution >= 0.6 is 0 Å². The molecule has 0 radical (unpaired) electrons. The molecule has 2 heterocycles. The highest BCUT2D eigenvalue weighted by Crippen LogP contribution is 2.26. The summed E-state index contributed by atoms with van der Waals surface area (Å²) in [5, 5.41) is 17.1. The highest BCUT2D eigenvalue weighted by Gasteiger charge is 2.28. The Bertz CT molecular complexity index is 625.